The van der Waals surface area contributed by atoms with E-state index in [1.165, 1.54) is 21.3 Å². The van der Waals surface area contributed by atoms with Crippen LogP contribution >= 0.6 is 11.6 Å². The van der Waals surface area contributed by atoms with E-state index < -0.39 is 29.0 Å². The van der Waals surface area contributed by atoms with Crippen molar-refractivity contribution in [2.24, 2.45) is 0 Å². The van der Waals surface area contributed by atoms with Gasteiger partial charge < -0.3 is 24.8 Å². The summed E-state index contributed by atoms with van der Waals surface area (Å²) in [7, 11) is 3.80. The first kappa shape index (κ1) is 22.8. The van der Waals surface area contributed by atoms with Crippen molar-refractivity contribution in [3.63, 3.8) is 0 Å². The zero-order valence-electron chi connectivity index (χ0n) is 16.7. The van der Waals surface area contributed by atoms with E-state index in [2.05, 4.69) is 10.6 Å². The third kappa shape index (κ3) is 4.71. The Morgan fingerprint density at radius 2 is 1.80 bits per heavy atom. The van der Waals surface area contributed by atoms with Crippen molar-refractivity contribution in [1.82, 2.24) is 5.32 Å². The Morgan fingerprint density at radius 1 is 1.13 bits per heavy atom. The van der Waals surface area contributed by atoms with Crippen molar-refractivity contribution in [2.75, 3.05) is 33.2 Å². The van der Waals surface area contributed by atoms with E-state index in [0.29, 0.717) is 16.3 Å². The summed E-state index contributed by atoms with van der Waals surface area (Å²) in [5.74, 6) is -1.64. The van der Waals surface area contributed by atoms with Crippen LogP contribution in [0.2, 0.25) is 5.02 Å². The molecule has 2 rings (SSSR count). The van der Waals surface area contributed by atoms with Crippen LogP contribution in [0.4, 0.5) is 11.4 Å². The molecule has 0 radical (unpaired) electrons. The SMILES string of the molecule is COc1cc(C(=O)NCC(=O)Nc2cccc(Cl)c2C)c([N+](=O)[O-])c(OC)c1OC. The van der Waals surface area contributed by atoms with Crippen LogP contribution in [0.1, 0.15) is 15.9 Å². The van der Waals surface area contributed by atoms with Crippen LogP contribution < -0.4 is 24.8 Å². The van der Waals surface area contributed by atoms with Crippen molar-refractivity contribution in [3.05, 3.63) is 50.5 Å². The van der Waals surface area contributed by atoms with Gasteiger partial charge in [-0.3, -0.25) is 19.7 Å². The number of hydrogen-bond donors (Lipinski definition) is 2. The summed E-state index contributed by atoms with van der Waals surface area (Å²) in [6, 6.07) is 6.15. The van der Waals surface area contributed by atoms with E-state index in [-0.39, 0.29) is 22.8 Å². The molecule has 30 heavy (non-hydrogen) atoms. The van der Waals surface area contributed by atoms with Gasteiger partial charge in [-0.25, -0.2) is 0 Å². The Kier molecular flexibility index (Phi) is 7.43. The lowest BCUT2D eigenvalue weighted by Gasteiger charge is -2.15. The van der Waals surface area contributed by atoms with Gasteiger partial charge >= 0.3 is 5.69 Å². The number of rotatable bonds is 8. The van der Waals surface area contributed by atoms with Gasteiger partial charge in [-0.1, -0.05) is 17.7 Å². The first-order valence-corrected chi connectivity index (χ1v) is 8.93. The molecule has 0 bridgehead atoms. The molecule has 0 saturated heterocycles. The van der Waals surface area contributed by atoms with E-state index in [4.69, 9.17) is 25.8 Å². The number of carbonyl (C=O) groups is 2. The maximum Gasteiger partial charge on any atom is 0.327 e. The molecule has 2 aromatic rings. The van der Waals surface area contributed by atoms with E-state index >= 15 is 0 Å². The number of nitrogens with zero attached hydrogens (tertiary/aromatic N) is 1. The fraction of sp³-hybridized carbons (Fsp3) is 0.263. The summed E-state index contributed by atoms with van der Waals surface area (Å²) in [4.78, 5) is 35.6. The number of nitro benzene ring substituents is 1. The smallest absolute Gasteiger partial charge is 0.327 e. The molecule has 10 nitrogen and oxygen atoms in total. The fourth-order valence-electron chi connectivity index (χ4n) is 2.69. The van der Waals surface area contributed by atoms with Crippen LogP contribution in [0, 0.1) is 17.0 Å². The monoisotopic (exact) mass is 437 g/mol. The summed E-state index contributed by atoms with van der Waals surface area (Å²) >= 11 is 6.01. The maximum atomic E-state index is 12.6. The lowest BCUT2D eigenvalue weighted by molar-refractivity contribution is -0.386. The second-order valence-electron chi connectivity index (χ2n) is 5.94. The molecule has 0 aliphatic heterocycles. The quantitative estimate of drug-likeness (QED) is 0.479. The number of methoxy groups -OCH3 is 3. The molecule has 0 fully saturated rings. The molecule has 0 spiro atoms. The number of benzene rings is 2. The average molecular weight is 438 g/mol. The molecule has 2 aromatic carbocycles. The second kappa shape index (κ2) is 9.79. The normalized spacial score (nSPS) is 10.2. The van der Waals surface area contributed by atoms with Gasteiger partial charge in [0.15, 0.2) is 5.75 Å². The standard InChI is InChI=1S/C19H20ClN3O7/c1-10-12(20)6-5-7-13(10)22-15(24)9-21-19(25)11-8-14(28-2)17(29-3)18(30-4)16(11)23(26)27/h5-8H,9H2,1-4H3,(H,21,25)(H,22,24). The number of carbonyl (C=O) groups excluding carboxylic acids is 2. The third-order valence-electron chi connectivity index (χ3n) is 4.18. The van der Waals surface area contributed by atoms with Crippen LogP contribution in [-0.2, 0) is 4.79 Å². The van der Waals surface area contributed by atoms with Gasteiger partial charge in [-0.2, -0.15) is 0 Å². The predicted octanol–water partition coefficient (Wildman–Crippen LogP) is 2.95. The number of nitro groups is 1. The van der Waals surface area contributed by atoms with Gasteiger partial charge in [0.05, 0.1) is 32.8 Å². The summed E-state index contributed by atoms with van der Waals surface area (Å²) in [5.41, 5.74) is 0.194. The molecular formula is C19H20ClN3O7. The second-order valence-corrected chi connectivity index (χ2v) is 6.35. The van der Waals surface area contributed by atoms with Gasteiger partial charge in [0.25, 0.3) is 5.91 Å². The minimum atomic E-state index is -0.862. The molecule has 160 valence electrons. The lowest BCUT2D eigenvalue weighted by atomic mass is 10.1. The van der Waals surface area contributed by atoms with Gasteiger partial charge in [-0.05, 0) is 24.6 Å². The number of anilines is 1. The van der Waals surface area contributed by atoms with Gasteiger partial charge in [0, 0.05) is 16.8 Å². The zero-order valence-corrected chi connectivity index (χ0v) is 17.5. The summed E-state index contributed by atoms with van der Waals surface area (Å²) < 4.78 is 15.3. The third-order valence-corrected chi connectivity index (χ3v) is 4.59. The molecule has 0 aliphatic rings. The highest BCUT2D eigenvalue weighted by molar-refractivity contribution is 6.31. The van der Waals surface area contributed by atoms with E-state index in [9.17, 15) is 19.7 Å². The zero-order chi connectivity index (χ0) is 22.4. The molecular weight excluding hydrogens is 418 g/mol. The molecule has 0 saturated carbocycles. The molecule has 0 aromatic heterocycles. The highest BCUT2D eigenvalue weighted by Crippen LogP contribution is 2.46. The predicted molar refractivity (Wildman–Crippen MR) is 110 cm³/mol. The molecule has 0 unspecified atom stereocenters. The molecule has 0 atom stereocenters. The van der Waals surface area contributed by atoms with Gasteiger partial charge in [0.2, 0.25) is 17.4 Å². The van der Waals surface area contributed by atoms with E-state index in [1.54, 1.807) is 25.1 Å². The minimum absolute atomic E-state index is 0.0302. The first-order valence-electron chi connectivity index (χ1n) is 8.55. The largest absolute Gasteiger partial charge is 0.493 e. The minimum Gasteiger partial charge on any atom is -0.493 e. The van der Waals surface area contributed by atoms with Crippen molar-refractivity contribution in [2.45, 2.75) is 6.92 Å². The number of nitrogens with one attached hydrogen (secondary N) is 2. The van der Waals surface area contributed by atoms with Crippen LogP contribution in [0.3, 0.4) is 0 Å². The fourth-order valence-corrected chi connectivity index (χ4v) is 2.86. The molecule has 0 aliphatic carbocycles. The molecule has 11 heteroatoms. The van der Waals surface area contributed by atoms with Crippen molar-refractivity contribution in [1.29, 1.82) is 0 Å². The van der Waals surface area contributed by atoms with Crippen LogP contribution in [0.25, 0.3) is 0 Å². The van der Waals surface area contributed by atoms with Crippen molar-refractivity contribution < 1.29 is 28.7 Å². The summed E-state index contributed by atoms with van der Waals surface area (Å²) in [6.45, 7) is 1.30. The Hall–Kier alpha value is -3.53. The highest BCUT2D eigenvalue weighted by atomic mass is 35.5. The molecule has 2 amide bonds. The summed E-state index contributed by atoms with van der Waals surface area (Å²) in [6.07, 6.45) is 0. The highest BCUT2D eigenvalue weighted by Gasteiger charge is 2.32. The van der Waals surface area contributed by atoms with Crippen LogP contribution in [-0.4, -0.2) is 44.6 Å². The van der Waals surface area contributed by atoms with Crippen LogP contribution in [0.15, 0.2) is 24.3 Å². The number of ether oxygens (including phenoxy) is 3. The van der Waals surface area contributed by atoms with Gasteiger partial charge in [0.1, 0.15) is 5.56 Å². The number of amides is 2. The topological polar surface area (TPSA) is 129 Å². The Morgan fingerprint density at radius 3 is 2.37 bits per heavy atom. The average Bonchev–Trinajstić information content (AvgIpc) is 2.73. The first-order chi connectivity index (χ1) is 14.2. The van der Waals surface area contributed by atoms with Crippen LogP contribution in [0.5, 0.6) is 17.2 Å². The number of halogens is 1. The number of hydrogen-bond acceptors (Lipinski definition) is 7. The maximum absolute atomic E-state index is 12.6. The molecule has 0 heterocycles. The Bertz CT molecular complexity index is 995. The van der Waals surface area contributed by atoms with Crippen molar-refractivity contribution >= 4 is 34.8 Å². The van der Waals surface area contributed by atoms with E-state index in [0.717, 1.165) is 6.07 Å². The summed E-state index contributed by atoms with van der Waals surface area (Å²) in [5, 5.41) is 17.0. The molecule has 2 N–H and O–H groups in total. The Labute approximate surface area is 177 Å². The van der Waals surface area contributed by atoms with Crippen molar-refractivity contribution in [3.8, 4) is 17.2 Å². The Balaban J connectivity index is 2.26. The van der Waals surface area contributed by atoms with Gasteiger partial charge in [-0.15, -0.1) is 0 Å². The lowest BCUT2D eigenvalue weighted by Crippen LogP contribution is -2.33. The van der Waals surface area contributed by atoms with E-state index in [1.807, 2.05) is 0 Å².